The Morgan fingerprint density at radius 2 is 2.39 bits per heavy atom. The summed E-state index contributed by atoms with van der Waals surface area (Å²) in [7, 11) is 2.11. The first-order chi connectivity index (χ1) is 8.63. The summed E-state index contributed by atoms with van der Waals surface area (Å²) >= 11 is 5.55. The molecule has 0 amide bonds. The second-order valence-electron chi connectivity index (χ2n) is 4.28. The Labute approximate surface area is 119 Å². The lowest BCUT2D eigenvalue weighted by molar-refractivity contribution is 0.318. The molecule has 6 heteroatoms. The SMILES string of the molecule is CN(c1ccc(/C(N)=N/O)cc1Br)C1CCSC1. The number of rotatable bonds is 3. The molecule has 4 nitrogen and oxygen atoms in total. The summed E-state index contributed by atoms with van der Waals surface area (Å²) < 4.78 is 0.964. The standard InChI is InChI=1S/C12H16BrN3OS/c1-16(9-4-5-18-7-9)11-3-2-8(6-10(11)13)12(14)15-17/h2-3,6,9,17H,4-5,7H2,1H3,(H2,14,15). The summed E-state index contributed by atoms with van der Waals surface area (Å²) in [6, 6.07) is 6.33. The van der Waals surface area contributed by atoms with Gasteiger partial charge in [-0.3, -0.25) is 0 Å². The number of thioether (sulfide) groups is 1. The van der Waals surface area contributed by atoms with E-state index in [9.17, 15) is 0 Å². The smallest absolute Gasteiger partial charge is 0.170 e. The average molecular weight is 330 g/mol. The number of oxime groups is 1. The van der Waals surface area contributed by atoms with E-state index in [-0.39, 0.29) is 5.84 Å². The van der Waals surface area contributed by atoms with E-state index < -0.39 is 0 Å². The molecule has 1 unspecified atom stereocenters. The molecule has 1 aromatic carbocycles. The highest BCUT2D eigenvalue weighted by molar-refractivity contribution is 9.10. The topological polar surface area (TPSA) is 61.8 Å². The first kappa shape index (κ1) is 13.5. The van der Waals surface area contributed by atoms with Crippen LogP contribution < -0.4 is 10.6 Å². The maximum Gasteiger partial charge on any atom is 0.170 e. The second-order valence-corrected chi connectivity index (χ2v) is 6.28. The molecule has 98 valence electrons. The molecule has 0 bridgehead atoms. The predicted molar refractivity (Wildman–Crippen MR) is 80.8 cm³/mol. The van der Waals surface area contributed by atoms with Crippen LogP contribution in [0.4, 0.5) is 5.69 Å². The monoisotopic (exact) mass is 329 g/mol. The maximum atomic E-state index is 8.66. The van der Waals surface area contributed by atoms with Crippen LogP contribution in [-0.4, -0.2) is 35.6 Å². The van der Waals surface area contributed by atoms with Gasteiger partial charge in [0, 0.05) is 28.9 Å². The van der Waals surface area contributed by atoms with Crippen LogP contribution in [-0.2, 0) is 0 Å². The summed E-state index contributed by atoms with van der Waals surface area (Å²) in [4.78, 5) is 2.29. The number of hydrogen-bond donors (Lipinski definition) is 2. The number of anilines is 1. The number of halogens is 1. The molecule has 1 atom stereocenters. The summed E-state index contributed by atoms with van der Waals surface area (Å²) in [6.07, 6.45) is 1.22. The molecule has 0 aromatic heterocycles. The lowest BCUT2D eigenvalue weighted by Gasteiger charge is -2.27. The number of nitrogens with zero attached hydrogens (tertiary/aromatic N) is 2. The van der Waals surface area contributed by atoms with Crippen molar-refractivity contribution in [3.05, 3.63) is 28.2 Å². The molecule has 1 saturated heterocycles. The van der Waals surface area contributed by atoms with Gasteiger partial charge in [0.25, 0.3) is 0 Å². The molecule has 1 heterocycles. The van der Waals surface area contributed by atoms with Crippen LogP contribution in [0.2, 0.25) is 0 Å². The first-order valence-electron chi connectivity index (χ1n) is 5.71. The van der Waals surface area contributed by atoms with E-state index in [4.69, 9.17) is 10.9 Å². The van der Waals surface area contributed by atoms with E-state index >= 15 is 0 Å². The van der Waals surface area contributed by atoms with Gasteiger partial charge >= 0.3 is 0 Å². The van der Waals surface area contributed by atoms with Gasteiger partial charge in [-0.25, -0.2) is 0 Å². The molecule has 0 radical (unpaired) electrons. The number of nitrogens with two attached hydrogens (primary N) is 1. The van der Waals surface area contributed by atoms with Crippen LogP contribution in [0.15, 0.2) is 27.8 Å². The fraction of sp³-hybridized carbons (Fsp3) is 0.417. The van der Waals surface area contributed by atoms with E-state index in [1.165, 1.54) is 17.9 Å². The van der Waals surface area contributed by atoms with E-state index in [0.717, 1.165) is 10.2 Å². The van der Waals surface area contributed by atoms with Crippen LogP contribution >= 0.6 is 27.7 Å². The van der Waals surface area contributed by atoms with E-state index in [0.29, 0.717) is 11.6 Å². The van der Waals surface area contributed by atoms with Crippen molar-refractivity contribution in [3.63, 3.8) is 0 Å². The highest BCUT2D eigenvalue weighted by Crippen LogP contribution is 2.31. The molecule has 3 N–H and O–H groups in total. The molecule has 0 saturated carbocycles. The van der Waals surface area contributed by atoms with Crippen molar-refractivity contribution in [2.24, 2.45) is 10.9 Å². The van der Waals surface area contributed by atoms with E-state index in [1.807, 2.05) is 30.0 Å². The Kier molecular flexibility index (Phi) is 4.40. The fourth-order valence-corrected chi connectivity index (χ4v) is 3.96. The molecule has 0 spiro atoms. The molecular formula is C12H16BrN3OS. The highest BCUT2D eigenvalue weighted by atomic mass is 79.9. The van der Waals surface area contributed by atoms with Crippen molar-refractivity contribution in [1.82, 2.24) is 0 Å². The Morgan fingerprint density at radius 3 is 2.94 bits per heavy atom. The summed E-state index contributed by atoms with van der Waals surface area (Å²) in [5.74, 6) is 2.53. The van der Waals surface area contributed by atoms with Crippen LogP contribution in [0.25, 0.3) is 0 Å². The van der Waals surface area contributed by atoms with Crippen molar-refractivity contribution < 1.29 is 5.21 Å². The lowest BCUT2D eigenvalue weighted by Crippen LogP contribution is -2.31. The van der Waals surface area contributed by atoms with Crippen LogP contribution in [0, 0.1) is 0 Å². The van der Waals surface area contributed by atoms with E-state index in [2.05, 4.69) is 33.0 Å². The molecule has 18 heavy (non-hydrogen) atoms. The Morgan fingerprint density at radius 1 is 1.61 bits per heavy atom. The van der Waals surface area contributed by atoms with Crippen LogP contribution in [0.1, 0.15) is 12.0 Å². The molecular weight excluding hydrogens is 314 g/mol. The molecule has 0 aliphatic carbocycles. The first-order valence-corrected chi connectivity index (χ1v) is 7.66. The molecule has 1 aromatic rings. The zero-order valence-electron chi connectivity index (χ0n) is 10.1. The lowest BCUT2D eigenvalue weighted by atomic mass is 10.1. The largest absolute Gasteiger partial charge is 0.409 e. The average Bonchev–Trinajstić information content (AvgIpc) is 2.90. The summed E-state index contributed by atoms with van der Waals surface area (Å²) in [5.41, 5.74) is 7.42. The van der Waals surface area contributed by atoms with Gasteiger partial charge in [-0.15, -0.1) is 0 Å². The Bertz CT molecular complexity index is 461. The van der Waals surface area contributed by atoms with Gasteiger partial charge in [-0.05, 0) is 46.3 Å². The van der Waals surface area contributed by atoms with Crippen LogP contribution in [0.3, 0.4) is 0 Å². The van der Waals surface area contributed by atoms with Gasteiger partial charge < -0.3 is 15.8 Å². The number of amidine groups is 1. The van der Waals surface area contributed by atoms with Gasteiger partial charge in [0.1, 0.15) is 0 Å². The van der Waals surface area contributed by atoms with Crippen LogP contribution in [0.5, 0.6) is 0 Å². The van der Waals surface area contributed by atoms with Crippen molar-refractivity contribution in [3.8, 4) is 0 Å². The zero-order chi connectivity index (χ0) is 13.1. The van der Waals surface area contributed by atoms with Gasteiger partial charge in [0.2, 0.25) is 0 Å². The van der Waals surface area contributed by atoms with Gasteiger partial charge in [-0.2, -0.15) is 11.8 Å². The predicted octanol–water partition coefficient (Wildman–Crippen LogP) is 2.49. The van der Waals surface area contributed by atoms with Crippen molar-refractivity contribution in [2.45, 2.75) is 12.5 Å². The number of hydrogen-bond acceptors (Lipinski definition) is 4. The zero-order valence-corrected chi connectivity index (χ0v) is 12.5. The van der Waals surface area contributed by atoms with Crippen molar-refractivity contribution >= 4 is 39.2 Å². The quantitative estimate of drug-likeness (QED) is 0.387. The third-order valence-corrected chi connectivity index (χ3v) is 4.96. The third-order valence-electron chi connectivity index (χ3n) is 3.18. The Hall–Kier alpha value is -0.880. The minimum atomic E-state index is 0.126. The number of benzene rings is 1. The van der Waals surface area contributed by atoms with Gasteiger partial charge in [0.05, 0.1) is 5.69 Å². The molecule has 2 rings (SSSR count). The maximum absolute atomic E-state index is 8.66. The fourth-order valence-electron chi connectivity index (χ4n) is 2.03. The highest BCUT2D eigenvalue weighted by Gasteiger charge is 2.21. The summed E-state index contributed by atoms with van der Waals surface area (Å²) in [5, 5.41) is 11.7. The van der Waals surface area contributed by atoms with Crippen molar-refractivity contribution in [2.75, 3.05) is 23.5 Å². The van der Waals surface area contributed by atoms with Gasteiger partial charge in [0.15, 0.2) is 5.84 Å². The van der Waals surface area contributed by atoms with Gasteiger partial charge in [-0.1, -0.05) is 5.16 Å². The van der Waals surface area contributed by atoms with E-state index in [1.54, 1.807) is 0 Å². The minimum Gasteiger partial charge on any atom is -0.409 e. The summed E-state index contributed by atoms with van der Waals surface area (Å²) in [6.45, 7) is 0. The molecule has 1 aliphatic rings. The van der Waals surface area contributed by atoms with Crippen molar-refractivity contribution in [1.29, 1.82) is 0 Å². The second kappa shape index (κ2) is 5.84. The minimum absolute atomic E-state index is 0.126. The molecule has 1 aliphatic heterocycles. The molecule has 1 fully saturated rings. The third kappa shape index (κ3) is 2.75. The normalized spacial score (nSPS) is 20.1. The Balaban J connectivity index is 2.23.